The second-order valence-corrected chi connectivity index (χ2v) is 11.5. The van der Waals surface area contributed by atoms with Crippen LogP contribution in [-0.2, 0) is 15.8 Å². The third-order valence-corrected chi connectivity index (χ3v) is 8.80. The predicted octanol–water partition coefficient (Wildman–Crippen LogP) is 5.26. The van der Waals surface area contributed by atoms with Gasteiger partial charge in [0.25, 0.3) is 0 Å². The number of fused-ring (bicyclic) bond motifs is 4. The van der Waals surface area contributed by atoms with E-state index in [1.54, 1.807) is 0 Å². The van der Waals surface area contributed by atoms with Crippen LogP contribution in [0, 0.1) is 23.6 Å². The lowest BCUT2D eigenvalue weighted by Gasteiger charge is -2.44. The minimum atomic E-state index is -4.85. The maximum absolute atomic E-state index is 14.5. The smallest absolute Gasteiger partial charge is 0.353 e. The van der Waals surface area contributed by atoms with Gasteiger partial charge >= 0.3 is 6.18 Å². The van der Waals surface area contributed by atoms with Gasteiger partial charge in [0.15, 0.2) is 5.82 Å². The molecular formula is C27H37ClF4N4O2. The highest BCUT2D eigenvalue weighted by atomic mass is 35.5. The molecule has 3 fully saturated rings. The van der Waals surface area contributed by atoms with E-state index in [9.17, 15) is 27.2 Å². The van der Waals surface area contributed by atoms with Gasteiger partial charge < -0.3 is 21.3 Å². The van der Waals surface area contributed by atoms with Crippen LogP contribution in [0.5, 0.6) is 0 Å². The van der Waals surface area contributed by atoms with Crippen molar-refractivity contribution in [3.05, 3.63) is 28.5 Å². The molecule has 0 radical (unpaired) electrons. The monoisotopic (exact) mass is 560 g/mol. The Morgan fingerprint density at radius 2 is 1.84 bits per heavy atom. The zero-order chi connectivity index (χ0) is 27.4. The van der Waals surface area contributed by atoms with Crippen molar-refractivity contribution in [2.75, 3.05) is 18.4 Å². The number of benzene rings is 1. The minimum absolute atomic E-state index is 0.0863. The van der Waals surface area contributed by atoms with Gasteiger partial charge in [0.1, 0.15) is 0 Å². The quantitative estimate of drug-likeness (QED) is 0.379. The van der Waals surface area contributed by atoms with Crippen LogP contribution in [0.2, 0.25) is 5.02 Å². The molecule has 2 amide bonds. The van der Waals surface area contributed by atoms with Gasteiger partial charge in [0.2, 0.25) is 11.8 Å². The fourth-order valence-corrected chi connectivity index (χ4v) is 6.60. The van der Waals surface area contributed by atoms with Crippen molar-refractivity contribution in [2.24, 2.45) is 17.8 Å². The van der Waals surface area contributed by atoms with E-state index in [1.165, 1.54) is 0 Å². The summed E-state index contributed by atoms with van der Waals surface area (Å²) >= 11 is 5.69. The Kier molecular flexibility index (Phi) is 9.58. The van der Waals surface area contributed by atoms with E-state index < -0.39 is 34.2 Å². The highest BCUT2D eigenvalue weighted by molar-refractivity contribution is 6.31. The number of rotatable bonds is 4. The third kappa shape index (κ3) is 6.99. The molecule has 6 nitrogen and oxygen atoms in total. The number of alkyl halides is 3. The summed E-state index contributed by atoms with van der Waals surface area (Å²) in [6.45, 7) is 2.49. The lowest BCUT2D eigenvalue weighted by molar-refractivity contribution is -0.137. The minimum Gasteiger partial charge on any atom is -0.353 e. The molecule has 4 rings (SSSR count). The van der Waals surface area contributed by atoms with Crippen LogP contribution in [0.3, 0.4) is 0 Å². The van der Waals surface area contributed by atoms with Crippen molar-refractivity contribution in [3.63, 3.8) is 0 Å². The van der Waals surface area contributed by atoms with Crippen LogP contribution in [-0.4, -0.2) is 43.0 Å². The Morgan fingerprint density at radius 1 is 1.08 bits per heavy atom. The van der Waals surface area contributed by atoms with E-state index in [-0.39, 0.29) is 36.5 Å². The number of anilines is 1. The molecule has 2 aliphatic heterocycles. The number of piperidine rings is 1. The Balaban J connectivity index is 1.47. The van der Waals surface area contributed by atoms with Gasteiger partial charge in [0.05, 0.1) is 22.8 Å². The van der Waals surface area contributed by atoms with Crippen molar-refractivity contribution >= 4 is 29.1 Å². The first kappa shape index (κ1) is 29.1. The summed E-state index contributed by atoms with van der Waals surface area (Å²) in [5, 5.41) is 11.7. The van der Waals surface area contributed by atoms with E-state index in [2.05, 4.69) is 21.3 Å². The van der Waals surface area contributed by atoms with Gasteiger partial charge in [-0.3, -0.25) is 9.59 Å². The second-order valence-electron chi connectivity index (χ2n) is 11.1. The van der Waals surface area contributed by atoms with E-state index in [1.807, 2.05) is 6.92 Å². The van der Waals surface area contributed by atoms with E-state index in [0.717, 1.165) is 57.6 Å². The summed E-state index contributed by atoms with van der Waals surface area (Å²) in [6, 6.07) is 1.63. The van der Waals surface area contributed by atoms with Gasteiger partial charge in [-0.25, -0.2) is 4.39 Å². The Hall–Kier alpha value is -1.91. The average Bonchev–Trinajstić information content (AvgIpc) is 2.87. The standard InChI is InChI=1S/C27H37ClF4N4O2/c1-15-5-4-8-21(22-13-16(11-12-33-22)17-6-2-3-7-20(17)35-26(15)38)34-14-23(37)36-25-18(27(30,31)32)9-10-19(28)24(25)29/h9-10,15-17,20-22,33-34H,2-8,11-14H2,1H3,(H,35,38)(H,36,37)/t15-,16?,17?,20?,21+,22?/m1/s1. The molecule has 2 bridgehead atoms. The maximum Gasteiger partial charge on any atom is 0.418 e. The van der Waals surface area contributed by atoms with E-state index in [0.29, 0.717) is 30.7 Å². The third-order valence-electron chi connectivity index (χ3n) is 8.51. The summed E-state index contributed by atoms with van der Waals surface area (Å²) in [7, 11) is 0. The van der Waals surface area contributed by atoms with Crippen molar-refractivity contribution in [2.45, 2.75) is 89.0 Å². The Bertz CT molecular complexity index is 1010. The first-order valence-corrected chi connectivity index (χ1v) is 14.0. The zero-order valence-corrected chi connectivity index (χ0v) is 22.4. The molecular weight excluding hydrogens is 524 g/mol. The molecule has 38 heavy (non-hydrogen) atoms. The van der Waals surface area contributed by atoms with Crippen molar-refractivity contribution in [1.29, 1.82) is 0 Å². The second kappa shape index (κ2) is 12.5. The summed E-state index contributed by atoms with van der Waals surface area (Å²) in [5.41, 5.74) is -2.25. The van der Waals surface area contributed by atoms with Gasteiger partial charge in [-0.1, -0.05) is 37.8 Å². The fraction of sp³-hybridized carbons (Fsp3) is 0.704. The molecule has 212 valence electrons. The molecule has 2 saturated heterocycles. The largest absolute Gasteiger partial charge is 0.418 e. The highest BCUT2D eigenvalue weighted by Gasteiger charge is 2.39. The average molecular weight is 561 g/mol. The highest BCUT2D eigenvalue weighted by Crippen LogP contribution is 2.39. The summed E-state index contributed by atoms with van der Waals surface area (Å²) < 4.78 is 54.7. The molecule has 0 spiro atoms. The fourth-order valence-electron chi connectivity index (χ4n) is 6.44. The maximum atomic E-state index is 14.5. The van der Waals surface area contributed by atoms with Crippen LogP contribution in [0.25, 0.3) is 0 Å². The number of nitrogens with one attached hydrogen (secondary N) is 4. The topological polar surface area (TPSA) is 82.3 Å². The lowest BCUT2D eigenvalue weighted by atomic mass is 9.70. The number of halogens is 5. The van der Waals surface area contributed by atoms with Gasteiger partial charge in [-0.05, 0) is 69.0 Å². The summed E-state index contributed by atoms with van der Waals surface area (Å²) in [4.78, 5) is 25.6. The van der Waals surface area contributed by atoms with E-state index >= 15 is 0 Å². The molecule has 4 unspecified atom stereocenters. The number of amides is 2. The molecule has 2 heterocycles. The van der Waals surface area contributed by atoms with E-state index in [4.69, 9.17) is 11.6 Å². The van der Waals surface area contributed by atoms with Gasteiger partial charge in [-0.2, -0.15) is 13.2 Å². The van der Waals surface area contributed by atoms with Crippen molar-refractivity contribution < 1.29 is 27.2 Å². The van der Waals surface area contributed by atoms with Crippen LogP contribution in [0.1, 0.15) is 70.3 Å². The van der Waals surface area contributed by atoms with Gasteiger partial charge in [0, 0.05) is 24.0 Å². The molecule has 6 atom stereocenters. The summed E-state index contributed by atoms with van der Waals surface area (Å²) in [5.74, 6) is -1.27. The van der Waals surface area contributed by atoms with Crippen LogP contribution in [0.15, 0.2) is 12.1 Å². The number of carbonyl (C=O) groups excluding carboxylic acids is 2. The Morgan fingerprint density at radius 3 is 2.61 bits per heavy atom. The molecule has 1 aliphatic carbocycles. The lowest BCUT2D eigenvalue weighted by Crippen LogP contribution is -2.56. The molecule has 3 aliphatic rings. The Labute approximate surface area is 226 Å². The number of hydrogen-bond donors (Lipinski definition) is 4. The van der Waals surface area contributed by atoms with Crippen LogP contribution in [0.4, 0.5) is 23.2 Å². The predicted molar refractivity (Wildman–Crippen MR) is 138 cm³/mol. The van der Waals surface area contributed by atoms with Gasteiger partial charge in [-0.15, -0.1) is 0 Å². The molecule has 4 N–H and O–H groups in total. The SMILES string of the molecule is C[C@@H]1CCC[C@H](NCC(=O)Nc2c(C(F)(F)F)ccc(Cl)c2F)C2CC(CCN2)C2CCCCC2NC1=O. The van der Waals surface area contributed by atoms with Crippen molar-refractivity contribution in [1.82, 2.24) is 16.0 Å². The normalized spacial score (nSPS) is 30.8. The number of hydrogen-bond acceptors (Lipinski definition) is 4. The molecule has 1 saturated carbocycles. The van der Waals surface area contributed by atoms with Crippen LogP contribution < -0.4 is 21.3 Å². The first-order chi connectivity index (χ1) is 18.0. The number of carbonyl (C=O) groups is 2. The van der Waals surface area contributed by atoms with Crippen LogP contribution >= 0.6 is 11.6 Å². The zero-order valence-electron chi connectivity index (χ0n) is 21.6. The molecule has 0 aromatic heterocycles. The molecule has 11 heteroatoms. The molecule has 1 aromatic rings. The first-order valence-electron chi connectivity index (χ1n) is 13.7. The summed E-state index contributed by atoms with van der Waals surface area (Å²) in [6.07, 6.45) is 3.58. The van der Waals surface area contributed by atoms with Crippen molar-refractivity contribution in [3.8, 4) is 0 Å². The molecule has 1 aromatic carbocycles.